The zero-order chi connectivity index (χ0) is 12.8. The highest BCUT2D eigenvalue weighted by molar-refractivity contribution is 5.94. The molecule has 0 bridgehead atoms. The molecular formula is C12H14N2O3. The Labute approximate surface area is 99.3 Å². The first-order valence-electron chi connectivity index (χ1n) is 5.16. The second-order valence-corrected chi connectivity index (χ2v) is 3.80. The lowest BCUT2D eigenvalue weighted by Crippen LogP contribution is -2.23. The third-order valence-electron chi connectivity index (χ3n) is 2.11. The summed E-state index contributed by atoms with van der Waals surface area (Å²) >= 11 is 0. The largest absolute Gasteiger partial charge is 0.349 e. The number of benzene rings is 1. The Morgan fingerprint density at radius 2 is 1.94 bits per heavy atom. The highest BCUT2D eigenvalue weighted by atomic mass is 16.6. The number of hydrogen-bond donors (Lipinski definition) is 1. The minimum atomic E-state index is -0.495. The van der Waals surface area contributed by atoms with Crippen LogP contribution in [0.25, 0.3) is 0 Å². The normalized spacial score (nSPS) is 9.53. The number of nitrogens with one attached hydrogen (secondary N) is 1. The monoisotopic (exact) mass is 234 g/mol. The molecule has 1 aromatic rings. The Bertz CT molecular complexity index is 445. The Morgan fingerprint density at radius 3 is 2.41 bits per heavy atom. The minimum Gasteiger partial charge on any atom is -0.349 e. The molecule has 90 valence electrons. The fourth-order valence-corrected chi connectivity index (χ4v) is 1.18. The molecule has 0 fully saturated rings. The van der Waals surface area contributed by atoms with Crippen molar-refractivity contribution in [2.45, 2.75) is 13.8 Å². The van der Waals surface area contributed by atoms with Crippen molar-refractivity contribution < 1.29 is 9.72 Å². The zero-order valence-electron chi connectivity index (χ0n) is 9.77. The molecule has 5 heteroatoms. The van der Waals surface area contributed by atoms with E-state index in [9.17, 15) is 14.9 Å². The molecule has 0 spiro atoms. The van der Waals surface area contributed by atoms with Gasteiger partial charge in [-0.1, -0.05) is 11.6 Å². The van der Waals surface area contributed by atoms with Crippen molar-refractivity contribution in [1.82, 2.24) is 5.32 Å². The number of allylic oxidation sites excluding steroid dienone is 1. The fraction of sp³-hybridized carbons (Fsp3) is 0.250. The predicted molar refractivity (Wildman–Crippen MR) is 64.9 cm³/mol. The third-order valence-corrected chi connectivity index (χ3v) is 2.11. The molecule has 0 unspecified atom stereocenters. The van der Waals surface area contributed by atoms with Crippen LogP contribution in [0.1, 0.15) is 24.2 Å². The van der Waals surface area contributed by atoms with Crippen LogP contribution >= 0.6 is 0 Å². The van der Waals surface area contributed by atoms with Gasteiger partial charge in [-0.25, -0.2) is 0 Å². The molecule has 1 rings (SSSR count). The van der Waals surface area contributed by atoms with Crippen LogP contribution in [-0.2, 0) is 0 Å². The highest BCUT2D eigenvalue weighted by Crippen LogP contribution is 2.11. The number of non-ortho nitro benzene ring substituents is 1. The van der Waals surface area contributed by atoms with Crippen molar-refractivity contribution in [3.05, 3.63) is 51.6 Å². The Hall–Kier alpha value is -2.17. The van der Waals surface area contributed by atoms with Gasteiger partial charge in [-0.05, 0) is 26.0 Å². The molecule has 1 aromatic carbocycles. The predicted octanol–water partition coefficient (Wildman–Crippen LogP) is 2.29. The summed E-state index contributed by atoms with van der Waals surface area (Å²) in [7, 11) is 0. The number of nitrogens with zero attached hydrogens (tertiary/aromatic N) is 1. The Balaban J connectivity index is 2.64. The van der Waals surface area contributed by atoms with Crippen molar-refractivity contribution in [2.75, 3.05) is 6.54 Å². The smallest absolute Gasteiger partial charge is 0.269 e. The second kappa shape index (κ2) is 5.79. The summed E-state index contributed by atoms with van der Waals surface area (Å²) in [5, 5.41) is 13.1. The van der Waals surface area contributed by atoms with E-state index in [4.69, 9.17) is 0 Å². The lowest BCUT2D eigenvalue weighted by Gasteiger charge is -2.02. The van der Waals surface area contributed by atoms with E-state index in [0.29, 0.717) is 12.1 Å². The van der Waals surface area contributed by atoms with Gasteiger partial charge in [0.15, 0.2) is 0 Å². The molecule has 1 amide bonds. The summed E-state index contributed by atoms with van der Waals surface area (Å²) in [6.07, 6.45) is 1.89. The molecule has 0 aliphatic rings. The van der Waals surface area contributed by atoms with Crippen LogP contribution < -0.4 is 5.32 Å². The van der Waals surface area contributed by atoms with Crippen molar-refractivity contribution in [1.29, 1.82) is 0 Å². The standard InChI is InChI=1S/C12H14N2O3/c1-9(2)7-8-13-12(15)10-3-5-11(6-4-10)14(16)17/h3-7H,8H2,1-2H3,(H,13,15). The van der Waals surface area contributed by atoms with Crippen LogP contribution in [0.3, 0.4) is 0 Å². The van der Waals surface area contributed by atoms with Crippen LogP contribution in [0, 0.1) is 10.1 Å². The first-order valence-corrected chi connectivity index (χ1v) is 5.16. The molecule has 0 aromatic heterocycles. The summed E-state index contributed by atoms with van der Waals surface area (Å²) in [5.74, 6) is -0.239. The first kappa shape index (κ1) is 12.9. The van der Waals surface area contributed by atoms with Gasteiger partial charge >= 0.3 is 0 Å². The summed E-state index contributed by atoms with van der Waals surface area (Å²) in [5.41, 5.74) is 1.51. The lowest BCUT2D eigenvalue weighted by molar-refractivity contribution is -0.384. The van der Waals surface area contributed by atoms with E-state index >= 15 is 0 Å². The number of nitro benzene ring substituents is 1. The quantitative estimate of drug-likeness (QED) is 0.493. The van der Waals surface area contributed by atoms with Gasteiger partial charge in [-0.2, -0.15) is 0 Å². The number of carbonyl (C=O) groups excluding carboxylic acids is 1. The number of nitro groups is 1. The van der Waals surface area contributed by atoms with Crippen molar-refractivity contribution in [3.63, 3.8) is 0 Å². The Morgan fingerprint density at radius 1 is 1.35 bits per heavy atom. The molecule has 0 saturated heterocycles. The molecule has 0 saturated carbocycles. The molecule has 0 atom stereocenters. The van der Waals surface area contributed by atoms with E-state index in [-0.39, 0.29) is 11.6 Å². The highest BCUT2D eigenvalue weighted by Gasteiger charge is 2.08. The number of amides is 1. The second-order valence-electron chi connectivity index (χ2n) is 3.80. The summed E-state index contributed by atoms with van der Waals surface area (Å²) < 4.78 is 0. The Kier molecular flexibility index (Phi) is 4.39. The van der Waals surface area contributed by atoms with E-state index in [0.717, 1.165) is 5.57 Å². The molecule has 17 heavy (non-hydrogen) atoms. The van der Waals surface area contributed by atoms with Crippen molar-refractivity contribution in [2.24, 2.45) is 0 Å². The van der Waals surface area contributed by atoms with Crippen LogP contribution in [-0.4, -0.2) is 17.4 Å². The molecule has 0 aliphatic carbocycles. The maximum Gasteiger partial charge on any atom is 0.269 e. The van der Waals surface area contributed by atoms with Crippen LogP contribution in [0.5, 0.6) is 0 Å². The van der Waals surface area contributed by atoms with Gasteiger partial charge in [0.2, 0.25) is 0 Å². The van der Waals surface area contributed by atoms with Crippen LogP contribution in [0.15, 0.2) is 35.9 Å². The zero-order valence-corrected chi connectivity index (χ0v) is 9.77. The average Bonchev–Trinajstić information content (AvgIpc) is 2.28. The maximum atomic E-state index is 11.6. The van der Waals surface area contributed by atoms with Gasteiger partial charge < -0.3 is 5.32 Å². The fourth-order valence-electron chi connectivity index (χ4n) is 1.18. The summed E-state index contributed by atoms with van der Waals surface area (Å²) in [6, 6.07) is 5.51. The number of carbonyl (C=O) groups is 1. The molecule has 0 aliphatic heterocycles. The maximum absolute atomic E-state index is 11.6. The molecular weight excluding hydrogens is 220 g/mol. The van der Waals surface area contributed by atoms with Crippen LogP contribution in [0.4, 0.5) is 5.69 Å². The lowest BCUT2D eigenvalue weighted by atomic mass is 10.2. The number of hydrogen-bond acceptors (Lipinski definition) is 3. The van der Waals surface area contributed by atoms with Gasteiger partial charge in [-0.15, -0.1) is 0 Å². The topological polar surface area (TPSA) is 72.2 Å². The molecule has 0 radical (unpaired) electrons. The molecule has 5 nitrogen and oxygen atoms in total. The SMILES string of the molecule is CC(C)=CCNC(=O)c1ccc([N+](=O)[O-])cc1. The summed E-state index contributed by atoms with van der Waals surface area (Å²) in [4.78, 5) is 21.5. The van der Waals surface area contributed by atoms with Crippen LogP contribution in [0.2, 0.25) is 0 Å². The van der Waals surface area contributed by atoms with Gasteiger partial charge in [0.1, 0.15) is 0 Å². The van der Waals surface area contributed by atoms with E-state index in [1.54, 1.807) is 0 Å². The van der Waals surface area contributed by atoms with E-state index in [1.165, 1.54) is 24.3 Å². The first-order chi connectivity index (χ1) is 8.00. The van der Waals surface area contributed by atoms with Crippen molar-refractivity contribution in [3.8, 4) is 0 Å². The van der Waals surface area contributed by atoms with Crippen molar-refractivity contribution >= 4 is 11.6 Å². The van der Waals surface area contributed by atoms with Gasteiger partial charge in [0.25, 0.3) is 11.6 Å². The molecule has 1 N–H and O–H groups in total. The third kappa shape index (κ3) is 4.06. The van der Waals surface area contributed by atoms with Gasteiger partial charge in [0.05, 0.1) is 4.92 Å². The minimum absolute atomic E-state index is 0.0224. The van der Waals surface area contributed by atoms with Gasteiger partial charge in [0, 0.05) is 24.2 Å². The van der Waals surface area contributed by atoms with E-state index < -0.39 is 4.92 Å². The summed E-state index contributed by atoms with van der Waals surface area (Å²) in [6.45, 7) is 4.34. The van der Waals surface area contributed by atoms with E-state index in [1.807, 2.05) is 19.9 Å². The van der Waals surface area contributed by atoms with E-state index in [2.05, 4.69) is 5.32 Å². The molecule has 0 heterocycles. The van der Waals surface area contributed by atoms with Gasteiger partial charge in [-0.3, -0.25) is 14.9 Å². The average molecular weight is 234 g/mol. The number of rotatable bonds is 4.